The lowest BCUT2D eigenvalue weighted by Gasteiger charge is -2.10. The summed E-state index contributed by atoms with van der Waals surface area (Å²) in [6, 6.07) is 9.63. The van der Waals surface area contributed by atoms with Gasteiger partial charge in [0.25, 0.3) is 0 Å². The Hall–Kier alpha value is -2.50. The Bertz CT molecular complexity index is 886. The van der Waals surface area contributed by atoms with Gasteiger partial charge < -0.3 is 14.4 Å². The van der Waals surface area contributed by atoms with Gasteiger partial charge in [-0.1, -0.05) is 29.3 Å². The van der Waals surface area contributed by atoms with Crippen molar-refractivity contribution in [3.05, 3.63) is 63.3 Å². The number of allylic oxidation sites excluding steroid dienone is 1. The van der Waals surface area contributed by atoms with Gasteiger partial charge in [0.15, 0.2) is 5.76 Å². The summed E-state index contributed by atoms with van der Waals surface area (Å²) < 4.78 is 10.8. The summed E-state index contributed by atoms with van der Waals surface area (Å²) in [5, 5.41) is 0.820. The van der Waals surface area contributed by atoms with Crippen molar-refractivity contribution in [1.29, 1.82) is 0 Å². The first-order valence-corrected chi connectivity index (χ1v) is 8.04. The fraction of sp³-hybridized carbons (Fsp3) is 0.111. The second-order valence-electron chi connectivity index (χ2n) is 5.50. The molecule has 0 saturated carbocycles. The number of halogens is 2. The van der Waals surface area contributed by atoms with Crippen molar-refractivity contribution in [3.8, 4) is 11.5 Å². The first-order valence-electron chi connectivity index (χ1n) is 7.28. The van der Waals surface area contributed by atoms with Crippen LogP contribution in [0.2, 0.25) is 10.0 Å². The largest absolute Gasteiger partial charge is 0.452 e. The van der Waals surface area contributed by atoms with Crippen LogP contribution in [-0.4, -0.2) is 30.9 Å². The van der Waals surface area contributed by atoms with Gasteiger partial charge in [-0.25, -0.2) is 4.79 Å². The number of amides is 1. The molecule has 0 unspecified atom stereocenters. The number of carbonyl (C=O) groups is 2. The summed E-state index contributed by atoms with van der Waals surface area (Å²) in [5.74, 6) is 0.392. The third kappa shape index (κ3) is 3.48. The highest BCUT2D eigenvalue weighted by atomic mass is 35.5. The average molecular weight is 378 g/mol. The zero-order valence-corrected chi connectivity index (χ0v) is 14.9. The molecule has 0 aromatic heterocycles. The number of rotatable bonds is 2. The van der Waals surface area contributed by atoms with Crippen LogP contribution < -0.4 is 9.47 Å². The highest BCUT2D eigenvalue weighted by molar-refractivity contribution is 6.37. The minimum absolute atomic E-state index is 0.0982. The molecule has 0 bridgehead atoms. The first-order chi connectivity index (χ1) is 11.9. The van der Waals surface area contributed by atoms with Crippen molar-refractivity contribution < 1.29 is 19.1 Å². The molecular weight excluding hydrogens is 365 g/mol. The normalized spacial score (nSPS) is 14.2. The van der Waals surface area contributed by atoms with Gasteiger partial charge in [0.05, 0.1) is 5.56 Å². The quantitative estimate of drug-likeness (QED) is 0.713. The molecule has 1 aliphatic rings. The Morgan fingerprint density at radius 1 is 1.16 bits per heavy atom. The van der Waals surface area contributed by atoms with Crippen LogP contribution in [0.25, 0.3) is 6.08 Å². The maximum absolute atomic E-state index is 12.5. The standard InChI is InChI=1S/C18H13Cl2NO4/c1-21(2)18(23)24-10-6-7-11-15(8-10)25-16(17(11)22)9-12-13(19)4-3-5-14(12)20/h3-9H,1-2H3. The molecule has 2 aromatic rings. The summed E-state index contributed by atoms with van der Waals surface area (Å²) in [5.41, 5.74) is 0.875. The van der Waals surface area contributed by atoms with Crippen molar-refractivity contribution in [2.24, 2.45) is 0 Å². The molecule has 0 radical (unpaired) electrons. The molecule has 0 fully saturated rings. The number of carbonyl (C=O) groups excluding carboxylic acids is 2. The van der Waals surface area contributed by atoms with Gasteiger partial charge in [-0.15, -0.1) is 0 Å². The van der Waals surface area contributed by atoms with Gasteiger partial charge in [0.2, 0.25) is 5.78 Å². The summed E-state index contributed by atoms with van der Waals surface area (Å²) in [6.45, 7) is 0. The van der Waals surface area contributed by atoms with E-state index in [0.717, 1.165) is 0 Å². The van der Waals surface area contributed by atoms with Crippen molar-refractivity contribution in [2.45, 2.75) is 0 Å². The molecule has 2 aromatic carbocycles. The van der Waals surface area contributed by atoms with E-state index in [-0.39, 0.29) is 17.3 Å². The molecule has 3 rings (SSSR count). The second kappa shape index (κ2) is 6.78. The number of hydrogen-bond acceptors (Lipinski definition) is 4. The predicted octanol–water partition coefficient (Wildman–Crippen LogP) is 4.67. The topological polar surface area (TPSA) is 55.8 Å². The van der Waals surface area contributed by atoms with E-state index in [0.29, 0.717) is 26.9 Å². The maximum Gasteiger partial charge on any atom is 0.414 e. The van der Waals surface area contributed by atoms with Crippen LogP contribution in [-0.2, 0) is 0 Å². The van der Waals surface area contributed by atoms with Crippen LogP contribution in [0.1, 0.15) is 15.9 Å². The second-order valence-corrected chi connectivity index (χ2v) is 6.31. The Labute approximate surface area is 154 Å². The Kier molecular flexibility index (Phi) is 4.70. The number of ketones is 1. The van der Waals surface area contributed by atoms with Crippen molar-refractivity contribution >= 4 is 41.2 Å². The van der Waals surface area contributed by atoms with Crippen molar-refractivity contribution in [3.63, 3.8) is 0 Å². The molecule has 7 heteroatoms. The van der Waals surface area contributed by atoms with Gasteiger partial charge >= 0.3 is 6.09 Å². The number of benzene rings is 2. The van der Waals surface area contributed by atoms with E-state index in [1.54, 1.807) is 38.4 Å². The lowest BCUT2D eigenvalue weighted by Crippen LogP contribution is -2.25. The molecule has 1 aliphatic heterocycles. The molecule has 5 nitrogen and oxygen atoms in total. The van der Waals surface area contributed by atoms with Gasteiger partial charge in [0.1, 0.15) is 11.5 Å². The van der Waals surface area contributed by atoms with E-state index < -0.39 is 6.09 Å². The maximum atomic E-state index is 12.5. The fourth-order valence-corrected chi connectivity index (χ4v) is 2.71. The molecule has 0 atom stereocenters. The van der Waals surface area contributed by atoms with E-state index in [4.69, 9.17) is 32.7 Å². The van der Waals surface area contributed by atoms with Gasteiger partial charge in [0, 0.05) is 35.8 Å². The number of ether oxygens (including phenoxy) is 2. The smallest absolute Gasteiger partial charge is 0.414 e. The predicted molar refractivity (Wildman–Crippen MR) is 95.6 cm³/mol. The minimum atomic E-state index is -0.525. The molecule has 1 amide bonds. The fourth-order valence-electron chi connectivity index (χ4n) is 2.20. The average Bonchev–Trinajstić information content (AvgIpc) is 2.86. The van der Waals surface area contributed by atoms with Crippen molar-refractivity contribution in [2.75, 3.05) is 14.1 Å². The van der Waals surface area contributed by atoms with Crippen molar-refractivity contribution in [1.82, 2.24) is 4.90 Å². The van der Waals surface area contributed by atoms with Crippen LogP contribution in [0, 0.1) is 0 Å². The Morgan fingerprint density at radius 2 is 1.84 bits per heavy atom. The lowest BCUT2D eigenvalue weighted by atomic mass is 10.1. The number of fused-ring (bicyclic) bond motifs is 1. The van der Waals surface area contributed by atoms with Crippen LogP contribution in [0.5, 0.6) is 11.5 Å². The minimum Gasteiger partial charge on any atom is -0.452 e. The first kappa shape index (κ1) is 17.3. The van der Waals surface area contributed by atoms with Crippen LogP contribution in [0.15, 0.2) is 42.2 Å². The molecule has 0 N–H and O–H groups in total. The molecule has 0 aliphatic carbocycles. The van der Waals surface area contributed by atoms with Crippen LogP contribution >= 0.6 is 23.2 Å². The van der Waals surface area contributed by atoms with E-state index in [9.17, 15) is 9.59 Å². The SMILES string of the molecule is CN(C)C(=O)Oc1ccc2c(c1)OC(=Cc1c(Cl)cccc1Cl)C2=O. The Morgan fingerprint density at radius 3 is 2.48 bits per heavy atom. The van der Waals surface area contributed by atoms with E-state index in [1.807, 2.05) is 0 Å². The van der Waals surface area contributed by atoms with Gasteiger partial charge in [-0.3, -0.25) is 4.79 Å². The van der Waals surface area contributed by atoms with E-state index in [1.165, 1.54) is 23.1 Å². The molecule has 0 saturated heterocycles. The Balaban J connectivity index is 1.91. The zero-order chi connectivity index (χ0) is 18.1. The lowest BCUT2D eigenvalue weighted by molar-refractivity contribution is 0.101. The van der Waals surface area contributed by atoms with Crippen LogP contribution in [0.3, 0.4) is 0 Å². The third-order valence-corrected chi connectivity index (χ3v) is 4.15. The van der Waals surface area contributed by atoms with Gasteiger partial charge in [-0.05, 0) is 30.3 Å². The molecular formula is C18H13Cl2NO4. The van der Waals surface area contributed by atoms with Gasteiger partial charge in [-0.2, -0.15) is 0 Å². The van der Waals surface area contributed by atoms with E-state index >= 15 is 0 Å². The molecule has 1 heterocycles. The molecule has 128 valence electrons. The summed E-state index contributed by atoms with van der Waals surface area (Å²) in [7, 11) is 3.15. The molecule has 0 spiro atoms. The number of hydrogen-bond donors (Lipinski definition) is 0. The highest BCUT2D eigenvalue weighted by Gasteiger charge is 2.28. The molecule has 25 heavy (non-hydrogen) atoms. The van der Waals surface area contributed by atoms with E-state index in [2.05, 4.69) is 0 Å². The zero-order valence-electron chi connectivity index (χ0n) is 13.4. The monoisotopic (exact) mass is 377 g/mol. The summed E-state index contributed by atoms with van der Waals surface area (Å²) in [6.07, 6.45) is 0.973. The van der Waals surface area contributed by atoms with Crippen LogP contribution in [0.4, 0.5) is 4.79 Å². The third-order valence-electron chi connectivity index (χ3n) is 3.49. The number of nitrogens with zero attached hydrogens (tertiary/aromatic N) is 1. The number of Topliss-reactive ketones (excluding diaryl/α,β-unsaturated/α-hetero) is 1. The highest BCUT2D eigenvalue weighted by Crippen LogP contribution is 2.36. The summed E-state index contributed by atoms with van der Waals surface area (Å²) >= 11 is 12.2. The summed E-state index contributed by atoms with van der Waals surface area (Å²) in [4.78, 5) is 25.4.